The zero-order valence-electron chi connectivity index (χ0n) is 29.0. The lowest BCUT2D eigenvalue weighted by Crippen LogP contribution is -2.55. The van der Waals surface area contributed by atoms with E-state index in [0.717, 1.165) is 28.8 Å². The molecule has 2 N–H and O–H groups in total. The largest absolute Gasteiger partial charge is 0.489 e. The number of hydrogen-bond acceptors (Lipinski definition) is 4. The molecular formula is C40H42F3N3O5. The highest BCUT2D eigenvalue weighted by Crippen LogP contribution is 2.36. The highest BCUT2D eigenvalue weighted by molar-refractivity contribution is 5.90. The van der Waals surface area contributed by atoms with Gasteiger partial charge in [-0.15, -0.1) is 0 Å². The van der Waals surface area contributed by atoms with Crippen molar-refractivity contribution in [2.45, 2.75) is 77.5 Å². The molecule has 268 valence electrons. The first-order valence-corrected chi connectivity index (χ1v) is 16.9. The number of amides is 3. The Balaban J connectivity index is 1.47. The van der Waals surface area contributed by atoms with Gasteiger partial charge in [-0.05, 0) is 91.8 Å². The standard InChI is InChI=1S/C40H42F3N3O5/c1-25(2)46(26(3)4)39(50)45-21-20-30-16-19-33(51-24-27-10-17-32(18-11-27)40(41,42)43)22-34(30)37(45)38(49)44-35(23-36(47)48)31-14-12-29(13-15-31)28-8-6-5-7-9-28/h5-19,22,25-26,35,37H,20-21,23-24H2,1-4H3,(H,44,49)(H,47,48). The van der Waals surface area contributed by atoms with Crippen molar-refractivity contribution in [3.63, 3.8) is 0 Å². The summed E-state index contributed by atoms with van der Waals surface area (Å²) in [5.41, 5.74) is 3.63. The van der Waals surface area contributed by atoms with Gasteiger partial charge in [0.25, 0.3) is 0 Å². The molecule has 4 aromatic rings. The minimum Gasteiger partial charge on any atom is -0.489 e. The van der Waals surface area contributed by atoms with Crippen LogP contribution < -0.4 is 10.1 Å². The molecule has 0 bridgehead atoms. The van der Waals surface area contributed by atoms with Crippen LogP contribution >= 0.6 is 0 Å². The van der Waals surface area contributed by atoms with Crippen LogP contribution in [-0.2, 0) is 28.8 Å². The lowest BCUT2D eigenvalue weighted by atomic mass is 9.91. The minimum absolute atomic E-state index is 0.0232. The summed E-state index contributed by atoms with van der Waals surface area (Å²) in [6.45, 7) is 7.84. The van der Waals surface area contributed by atoms with E-state index in [1.807, 2.05) is 76.2 Å². The fourth-order valence-corrected chi connectivity index (χ4v) is 6.53. The van der Waals surface area contributed by atoms with Gasteiger partial charge in [0.05, 0.1) is 18.0 Å². The van der Waals surface area contributed by atoms with Crippen molar-refractivity contribution in [1.29, 1.82) is 0 Å². The number of nitrogens with zero attached hydrogens (tertiary/aromatic N) is 2. The van der Waals surface area contributed by atoms with Crippen molar-refractivity contribution >= 4 is 17.9 Å². The first kappa shape index (κ1) is 36.9. The Morgan fingerprint density at radius 2 is 1.51 bits per heavy atom. The summed E-state index contributed by atoms with van der Waals surface area (Å²) >= 11 is 0. The molecule has 51 heavy (non-hydrogen) atoms. The second-order valence-corrected chi connectivity index (χ2v) is 13.2. The van der Waals surface area contributed by atoms with E-state index in [1.165, 1.54) is 17.0 Å². The topological polar surface area (TPSA) is 99.2 Å². The molecule has 0 saturated heterocycles. The van der Waals surface area contributed by atoms with Crippen LogP contribution in [0.15, 0.2) is 97.1 Å². The van der Waals surface area contributed by atoms with E-state index in [4.69, 9.17) is 4.74 Å². The fourth-order valence-electron chi connectivity index (χ4n) is 6.53. The van der Waals surface area contributed by atoms with Gasteiger partial charge in [-0.1, -0.05) is 72.8 Å². The van der Waals surface area contributed by atoms with E-state index in [9.17, 15) is 32.7 Å². The van der Waals surface area contributed by atoms with Crippen LogP contribution in [0.5, 0.6) is 5.75 Å². The molecule has 2 unspecified atom stereocenters. The molecule has 1 aliphatic rings. The molecule has 8 nitrogen and oxygen atoms in total. The Morgan fingerprint density at radius 1 is 0.882 bits per heavy atom. The zero-order chi connectivity index (χ0) is 36.9. The summed E-state index contributed by atoms with van der Waals surface area (Å²) in [7, 11) is 0. The molecule has 2 atom stereocenters. The zero-order valence-corrected chi connectivity index (χ0v) is 29.0. The number of carbonyl (C=O) groups is 3. The molecule has 4 aromatic carbocycles. The molecule has 1 heterocycles. The van der Waals surface area contributed by atoms with Gasteiger partial charge >= 0.3 is 18.2 Å². The van der Waals surface area contributed by atoms with Crippen molar-refractivity contribution in [2.75, 3.05) is 6.54 Å². The number of hydrogen-bond donors (Lipinski definition) is 2. The van der Waals surface area contributed by atoms with Gasteiger partial charge in [0, 0.05) is 18.6 Å². The number of rotatable bonds is 11. The normalized spacial score (nSPS) is 14.9. The second-order valence-electron chi connectivity index (χ2n) is 13.2. The molecule has 0 saturated carbocycles. The van der Waals surface area contributed by atoms with Gasteiger partial charge in [0.1, 0.15) is 18.4 Å². The van der Waals surface area contributed by atoms with Crippen molar-refractivity contribution in [3.05, 3.63) is 125 Å². The third-order valence-electron chi connectivity index (χ3n) is 8.98. The summed E-state index contributed by atoms with van der Waals surface area (Å²) in [6, 6.07) is 24.3. The number of carbonyl (C=O) groups excluding carboxylic acids is 2. The molecule has 5 rings (SSSR count). The summed E-state index contributed by atoms with van der Waals surface area (Å²) < 4.78 is 45.1. The predicted octanol–water partition coefficient (Wildman–Crippen LogP) is 8.42. The van der Waals surface area contributed by atoms with E-state index in [-0.39, 0.29) is 37.7 Å². The SMILES string of the molecule is CC(C)N(C(=O)N1CCc2ccc(OCc3ccc(C(F)(F)F)cc3)cc2C1C(=O)NC(CC(=O)O)c1ccc(-c2ccccc2)cc1)C(C)C. The van der Waals surface area contributed by atoms with E-state index in [0.29, 0.717) is 28.9 Å². The van der Waals surface area contributed by atoms with Gasteiger partial charge in [0.2, 0.25) is 5.91 Å². The summed E-state index contributed by atoms with van der Waals surface area (Å²) in [5, 5.41) is 12.8. The number of nitrogens with one attached hydrogen (secondary N) is 1. The Bertz CT molecular complexity index is 1820. The monoisotopic (exact) mass is 701 g/mol. The number of halogens is 3. The van der Waals surface area contributed by atoms with E-state index in [1.54, 1.807) is 29.2 Å². The van der Waals surface area contributed by atoms with Crippen molar-refractivity contribution < 1.29 is 37.4 Å². The van der Waals surface area contributed by atoms with Crippen LogP contribution in [0.3, 0.4) is 0 Å². The predicted molar refractivity (Wildman–Crippen MR) is 188 cm³/mol. The van der Waals surface area contributed by atoms with Crippen LogP contribution in [0.1, 0.15) is 74.0 Å². The lowest BCUT2D eigenvalue weighted by molar-refractivity contribution is -0.138. The van der Waals surface area contributed by atoms with Gasteiger partial charge < -0.3 is 25.0 Å². The van der Waals surface area contributed by atoms with Crippen molar-refractivity contribution in [2.24, 2.45) is 0 Å². The average Bonchev–Trinajstić information content (AvgIpc) is 3.09. The fraction of sp³-hybridized carbons (Fsp3) is 0.325. The number of benzene rings is 4. The second kappa shape index (κ2) is 15.7. The molecule has 0 spiro atoms. The average molecular weight is 702 g/mol. The third-order valence-corrected chi connectivity index (χ3v) is 8.98. The highest BCUT2D eigenvalue weighted by atomic mass is 19.4. The van der Waals surface area contributed by atoms with Crippen LogP contribution in [0.25, 0.3) is 11.1 Å². The van der Waals surface area contributed by atoms with Gasteiger partial charge in [-0.25, -0.2) is 4.79 Å². The van der Waals surface area contributed by atoms with Gasteiger partial charge in [0.15, 0.2) is 0 Å². The summed E-state index contributed by atoms with van der Waals surface area (Å²) in [4.78, 5) is 43.9. The van der Waals surface area contributed by atoms with Crippen LogP contribution in [0, 0.1) is 0 Å². The molecular weight excluding hydrogens is 659 g/mol. The number of aliphatic carboxylic acids is 1. The number of carboxylic acid groups (broad SMARTS) is 1. The Labute approximate surface area is 295 Å². The van der Waals surface area contributed by atoms with Crippen LogP contribution in [-0.4, -0.2) is 51.4 Å². The third kappa shape index (κ3) is 8.89. The number of urea groups is 1. The Kier molecular flexibility index (Phi) is 11.4. The molecule has 3 amide bonds. The molecule has 0 aromatic heterocycles. The number of ether oxygens (including phenoxy) is 1. The molecule has 1 aliphatic heterocycles. The van der Waals surface area contributed by atoms with E-state index < -0.39 is 35.7 Å². The molecule has 0 radical (unpaired) electrons. The van der Waals surface area contributed by atoms with Crippen LogP contribution in [0.2, 0.25) is 0 Å². The first-order chi connectivity index (χ1) is 24.2. The Morgan fingerprint density at radius 3 is 2.10 bits per heavy atom. The van der Waals surface area contributed by atoms with Crippen molar-refractivity contribution in [3.8, 4) is 16.9 Å². The lowest BCUT2D eigenvalue weighted by Gasteiger charge is -2.42. The molecule has 0 fully saturated rings. The van der Waals surface area contributed by atoms with Gasteiger partial charge in [-0.2, -0.15) is 13.2 Å². The Hall–Kier alpha value is -5.32. The number of alkyl halides is 3. The van der Waals surface area contributed by atoms with Crippen molar-refractivity contribution in [1.82, 2.24) is 15.1 Å². The van der Waals surface area contributed by atoms with Gasteiger partial charge in [-0.3, -0.25) is 9.59 Å². The quantitative estimate of drug-likeness (QED) is 0.164. The number of carboxylic acids is 1. The summed E-state index contributed by atoms with van der Waals surface area (Å²) in [6.07, 6.45) is -4.37. The summed E-state index contributed by atoms with van der Waals surface area (Å²) in [5.74, 6) is -1.28. The van der Waals surface area contributed by atoms with E-state index >= 15 is 0 Å². The van der Waals surface area contributed by atoms with Crippen LogP contribution in [0.4, 0.5) is 18.0 Å². The molecule has 11 heteroatoms. The maximum Gasteiger partial charge on any atom is 0.416 e. The highest BCUT2D eigenvalue weighted by Gasteiger charge is 2.40. The maximum atomic E-state index is 14.4. The maximum absolute atomic E-state index is 14.4. The first-order valence-electron chi connectivity index (χ1n) is 16.9. The minimum atomic E-state index is -4.45. The number of fused-ring (bicyclic) bond motifs is 1. The smallest absolute Gasteiger partial charge is 0.416 e. The molecule has 0 aliphatic carbocycles. The van der Waals surface area contributed by atoms with E-state index in [2.05, 4.69) is 5.32 Å².